The summed E-state index contributed by atoms with van der Waals surface area (Å²) in [5.74, 6) is 0.721. The van der Waals surface area contributed by atoms with Gasteiger partial charge in [-0.25, -0.2) is 4.98 Å². The summed E-state index contributed by atoms with van der Waals surface area (Å²) in [5.41, 5.74) is 1.19. The maximum atomic E-state index is 11.5. The molecule has 0 N–H and O–H groups in total. The summed E-state index contributed by atoms with van der Waals surface area (Å²) >= 11 is 5.80. The third-order valence-electron chi connectivity index (χ3n) is 4.42. The highest BCUT2D eigenvalue weighted by molar-refractivity contribution is 6.29. The molecule has 4 rings (SSSR count). The van der Waals surface area contributed by atoms with E-state index in [0.717, 1.165) is 37.3 Å². The summed E-state index contributed by atoms with van der Waals surface area (Å²) in [5, 5.41) is 12.0. The third kappa shape index (κ3) is 2.12. The maximum absolute atomic E-state index is 11.5. The lowest BCUT2D eigenvalue weighted by molar-refractivity contribution is -0.443. The number of rotatable bonds is 3. The molecule has 2 saturated heterocycles. The van der Waals surface area contributed by atoms with E-state index in [1.54, 1.807) is 12.3 Å². The van der Waals surface area contributed by atoms with Crippen molar-refractivity contribution >= 4 is 11.6 Å². The fraction of sp³-hybridized carbons (Fsp3) is 0.500. The van der Waals surface area contributed by atoms with Gasteiger partial charge in [0.05, 0.1) is 4.92 Å². The van der Waals surface area contributed by atoms with E-state index in [1.807, 2.05) is 11.0 Å². The molecule has 0 radical (unpaired) electrons. The second-order valence-corrected chi connectivity index (χ2v) is 6.11. The van der Waals surface area contributed by atoms with Crippen molar-refractivity contribution in [3.05, 3.63) is 50.7 Å². The number of fused-ring (bicyclic) bond motifs is 4. The van der Waals surface area contributed by atoms with Crippen molar-refractivity contribution in [3.8, 4) is 0 Å². The Kier molecular flexibility index (Phi) is 3.19. The number of aromatic nitrogens is 1. The van der Waals surface area contributed by atoms with Gasteiger partial charge in [0.2, 0.25) is 0 Å². The monoisotopic (exact) mass is 322 g/mol. The number of nitrogens with zero attached hydrogens (tertiary/aromatic N) is 4. The lowest BCUT2D eigenvalue weighted by Crippen LogP contribution is -2.41. The van der Waals surface area contributed by atoms with Gasteiger partial charge in [0.25, 0.3) is 0 Å². The molecule has 0 saturated carbocycles. The summed E-state index contributed by atoms with van der Waals surface area (Å²) < 4.78 is 5.77. The van der Waals surface area contributed by atoms with Crippen LogP contribution in [-0.2, 0) is 11.3 Å². The van der Waals surface area contributed by atoms with E-state index in [4.69, 9.17) is 16.3 Å². The normalized spacial score (nSPS) is 26.6. The standard InChI is InChI=1S/C14H15ClN4O3/c15-11-3-1-9(7-16-11)8-17-5-6-18-12-4-2-10(22-12)13(14(17)18)19(20)21/h1,3,7,10,12H,2,4-6,8H2/t10?,12-/m1/s1. The molecule has 1 unspecified atom stereocenters. The largest absolute Gasteiger partial charge is 0.347 e. The van der Waals surface area contributed by atoms with Crippen LogP contribution in [0.2, 0.25) is 5.15 Å². The molecule has 2 bridgehead atoms. The molecule has 1 aromatic rings. The molecule has 8 heteroatoms. The number of pyridine rings is 1. The predicted molar refractivity (Wildman–Crippen MR) is 78.3 cm³/mol. The van der Waals surface area contributed by atoms with Crippen LogP contribution >= 0.6 is 11.6 Å². The molecule has 2 fully saturated rings. The highest BCUT2D eigenvalue weighted by Crippen LogP contribution is 2.41. The Hall–Kier alpha value is -1.86. The van der Waals surface area contributed by atoms with Crippen molar-refractivity contribution in [2.75, 3.05) is 13.1 Å². The summed E-state index contributed by atoms with van der Waals surface area (Å²) in [7, 11) is 0. The fourth-order valence-corrected chi connectivity index (χ4v) is 3.59. The summed E-state index contributed by atoms with van der Waals surface area (Å²) in [6.45, 7) is 2.10. The quantitative estimate of drug-likeness (QED) is 0.480. The lowest BCUT2D eigenvalue weighted by Gasteiger charge is -2.32. The van der Waals surface area contributed by atoms with Gasteiger partial charge in [-0.3, -0.25) is 10.1 Å². The molecular weight excluding hydrogens is 308 g/mol. The van der Waals surface area contributed by atoms with Crippen LogP contribution in [0.25, 0.3) is 0 Å². The van der Waals surface area contributed by atoms with E-state index in [1.165, 1.54) is 0 Å². The van der Waals surface area contributed by atoms with Crippen LogP contribution in [0.4, 0.5) is 0 Å². The average molecular weight is 323 g/mol. The van der Waals surface area contributed by atoms with Crippen LogP contribution in [0.3, 0.4) is 0 Å². The first kappa shape index (κ1) is 13.8. The SMILES string of the molecule is O=[N+]([O-])C1=C2N(Cc3ccc(Cl)nc3)CCN2[C@H]2CCC1O2. The summed E-state index contributed by atoms with van der Waals surface area (Å²) in [6.07, 6.45) is 2.89. The molecule has 22 heavy (non-hydrogen) atoms. The third-order valence-corrected chi connectivity index (χ3v) is 4.64. The lowest BCUT2D eigenvalue weighted by atomic mass is 10.2. The van der Waals surface area contributed by atoms with Crippen molar-refractivity contribution in [2.45, 2.75) is 31.7 Å². The Labute approximate surface area is 132 Å². The summed E-state index contributed by atoms with van der Waals surface area (Å²) in [6, 6.07) is 3.64. The fourth-order valence-electron chi connectivity index (χ4n) is 3.48. The van der Waals surface area contributed by atoms with Gasteiger partial charge in [-0.05, 0) is 24.5 Å². The van der Waals surface area contributed by atoms with Crippen LogP contribution in [0.15, 0.2) is 29.8 Å². The van der Waals surface area contributed by atoms with Gasteiger partial charge in [-0.15, -0.1) is 0 Å². The minimum atomic E-state index is -0.379. The molecule has 3 aliphatic heterocycles. The first-order valence-electron chi connectivity index (χ1n) is 7.29. The molecule has 0 aromatic carbocycles. The Morgan fingerprint density at radius 1 is 1.41 bits per heavy atom. The van der Waals surface area contributed by atoms with Gasteiger partial charge in [-0.2, -0.15) is 0 Å². The van der Waals surface area contributed by atoms with Gasteiger partial charge >= 0.3 is 5.70 Å². The number of halogens is 1. The van der Waals surface area contributed by atoms with Crippen molar-refractivity contribution in [1.82, 2.24) is 14.8 Å². The average Bonchev–Trinajstić information content (AvgIpc) is 3.08. The topological polar surface area (TPSA) is 71.7 Å². The Bertz CT molecular complexity index is 648. The minimum Gasteiger partial charge on any atom is -0.347 e. The van der Waals surface area contributed by atoms with Gasteiger partial charge < -0.3 is 14.5 Å². The smallest absolute Gasteiger partial charge is 0.314 e. The second kappa shape index (κ2) is 5.10. The zero-order valence-corrected chi connectivity index (χ0v) is 12.6. The molecule has 7 nitrogen and oxygen atoms in total. The summed E-state index contributed by atoms with van der Waals surface area (Å²) in [4.78, 5) is 19.4. The highest BCUT2D eigenvalue weighted by Gasteiger charge is 2.50. The highest BCUT2D eigenvalue weighted by atomic mass is 35.5. The van der Waals surface area contributed by atoms with Gasteiger partial charge in [-0.1, -0.05) is 17.7 Å². The molecule has 3 aliphatic rings. The maximum Gasteiger partial charge on any atom is 0.314 e. The van der Waals surface area contributed by atoms with Crippen molar-refractivity contribution < 1.29 is 9.66 Å². The Morgan fingerprint density at radius 3 is 3.00 bits per heavy atom. The van der Waals surface area contributed by atoms with Crippen LogP contribution in [0, 0.1) is 10.1 Å². The van der Waals surface area contributed by atoms with Gasteiger partial charge in [0, 0.05) is 25.8 Å². The van der Waals surface area contributed by atoms with Crippen LogP contribution in [0.5, 0.6) is 0 Å². The second-order valence-electron chi connectivity index (χ2n) is 5.73. The molecule has 116 valence electrons. The van der Waals surface area contributed by atoms with Gasteiger partial charge in [0.15, 0.2) is 11.9 Å². The van der Waals surface area contributed by atoms with Crippen LogP contribution in [-0.4, -0.2) is 45.1 Å². The van der Waals surface area contributed by atoms with E-state index in [0.29, 0.717) is 11.7 Å². The van der Waals surface area contributed by atoms with Crippen molar-refractivity contribution in [1.29, 1.82) is 0 Å². The molecule has 4 heterocycles. The molecule has 0 amide bonds. The number of nitro groups is 1. The van der Waals surface area contributed by atoms with Crippen LogP contribution < -0.4 is 0 Å². The number of hydrogen-bond donors (Lipinski definition) is 0. The van der Waals surface area contributed by atoms with E-state index in [9.17, 15) is 10.1 Å². The Balaban J connectivity index is 1.67. The molecule has 2 atom stereocenters. The molecule has 0 spiro atoms. The van der Waals surface area contributed by atoms with E-state index < -0.39 is 0 Å². The first-order valence-corrected chi connectivity index (χ1v) is 7.67. The van der Waals surface area contributed by atoms with E-state index in [-0.39, 0.29) is 23.0 Å². The zero-order valence-electron chi connectivity index (χ0n) is 11.8. The number of hydrogen-bond acceptors (Lipinski definition) is 6. The van der Waals surface area contributed by atoms with Crippen molar-refractivity contribution in [3.63, 3.8) is 0 Å². The molecule has 0 aliphatic carbocycles. The zero-order chi connectivity index (χ0) is 15.3. The Morgan fingerprint density at radius 2 is 2.27 bits per heavy atom. The molecular formula is C14H15ClN4O3. The minimum absolute atomic E-state index is 0.0166. The molecule has 1 aromatic heterocycles. The first-order chi connectivity index (χ1) is 10.6. The van der Waals surface area contributed by atoms with Crippen molar-refractivity contribution in [2.24, 2.45) is 0 Å². The van der Waals surface area contributed by atoms with E-state index >= 15 is 0 Å². The predicted octanol–water partition coefficient (Wildman–Crippen LogP) is 1.82. The number of ether oxygens (including phenoxy) is 1. The van der Waals surface area contributed by atoms with Gasteiger partial charge in [0.1, 0.15) is 11.4 Å². The van der Waals surface area contributed by atoms with E-state index in [2.05, 4.69) is 9.88 Å². The van der Waals surface area contributed by atoms with Crippen LogP contribution in [0.1, 0.15) is 18.4 Å².